The van der Waals surface area contributed by atoms with Crippen molar-refractivity contribution in [1.29, 1.82) is 0 Å². The Kier molecular flexibility index (Phi) is 3.61. The van der Waals surface area contributed by atoms with Crippen LogP contribution in [0.3, 0.4) is 0 Å². The van der Waals surface area contributed by atoms with Crippen LogP contribution in [0.2, 0.25) is 0 Å². The van der Waals surface area contributed by atoms with Gasteiger partial charge in [0.05, 0.1) is 0 Å². The van der Waals surface area contributed by atoms with Gasteiger partial charge in [-0.1, -0.05) is 19.9 Å². The lowest BCUT2D eigenvalue weighted by molar-refractivity contribution is 0.419. The number of benzene rings is 1. The smallest absolute Gasteiger partial charge is 0.123 e. The maximum Gasteiger partial charge on any atom is 0.123 e. The molecule has 1 rings (SSSR count). The molecule has 0 radical (unpaired) electrons. The van der Waals surface area contributed by atoms with Crippen molar-refractivity contribution in [3.05, 3.63) is 35.1 Å². The van der Waals surface area contributed by atoms with Crippen LogP contribution < -0.4 is 11.3 Å². The summed E-state index contributed by atoms with van der Waals surface area (Å²) in [7, 11) is 0. The summed E-state index contributed by atoms with van der Waals surface area (Å²) >= 11 is 0. The summed E-state index contributed by atoms with van der Waals surface area (Å²) in [6.45, 7) is 6.05. The summed E-state index contributed by atoms with van der Waals surface area (Å²) in [6.07, 6.45) is 0. The van der Waals surface area contributed by atoms with E-state index >= 15 is 0 Å². The molecule has 0 aliphatic carbocycles. The molecule has 0 amide bonds. The fraction of sp³-hybridized carbons (Fsp3) is 0.455. The van der Waals surface area contributed by atoms with Gasteiger partial charge in [0.15, 0.2) is 0 Å². The van der Waals surface area contributed by atoms with E-state index in [9.17, 15) is 4.39 Å². The minimum atomic E-state index is -0.203. The molecule has 0 saturated heterocycles. The third-order valence-corrected chi connectivity index (χ3v) is 2.41. The van der Waals surface area contributed by atoms with Crippen LogP contribution >= 0.6 is 0 Å². The first-order valence-corrected chi connectivity index (χ1v) is 4.78. The third-order valence-electron chi connectivity index (χ3n) is 2.41. The molecule has 78 valence electrons. The quantitative estimate of drug-likeness (QED) is 0.575. The van der Waals surface area contributed by atoms with Crippen molar-refractivity contribution in [2.24, 2.45) is 11.8 Å². The maximum absolute atomic E-state index is 12.9. The molecule has 2 nitrogen and oxygen atoms in total. The van der Waals surface area contributed by atoms with Crippen LogP contribution in [0.1, 0.15) is 31.0 Å². The van der Waals surface area contributed by atoms with E-state index in [1.54, 1.807) is 6.07 Å². The van der Waals surface area contributed by atoms with Gasteiger partial charge in [0.1, 0.15) is 5.82 Å². The highest BCUT2D eigenvalue weighted by Gasteiger charge is 2.15. The van der Waals surface area contributed by atoms with Crippen LogP contribution in [0, 0.1) is 18.7 Å². The number of nitrogens with two attached hydrogens (primary N) is 1. The van der Waals surface area contributed by atoms with Crippen molar-refractivity contribution in [2.75, 3.05) is 0 Å². The zero-order chi connectivity index (χ0) is 10.7. The van der Waals surface area contributed by atoms with Crippen molar-refractivity contribution >= 4 is 0 Å². The van der Waals surface area contributed by atoms with E-state index in [2.05, 4.69) is 19.3 Å². The number of rotatable bonds is 3. The van der Waals surface area contributed by atoms with Crippen molar-refractivity contribution in [3.63, 3.8) is 0 Å². The topological polar surface area (TPSA) is 38.0 Å². The number of hydrazine groups is 1. The second-order valence-corrected chi connectivity index (χ2v) is 3.89. The molecule has 3 N–H and O–H groups in total. The first kappa shape index (κ1) is 11.1. The fourth-order valence-corrected chi connectivity index (χ4v) is 1.63. The Morgan fingerprint density at radius 3 is 2.43 bits per heavy atom. The van der Waals surface area contributed by atoms with E-state index in [0.29, 0.717) is 5.92 Å². The zero-order valence-electron chi connectivity index (χ0n) is 8.84. The van der Waals surface area contributed by atoms with E-state index in [-0.39, 0.29) is 11.9 Å². The van der Waals surface area contributed by atoms with Gasteiger partial charge in [0, 0.05) is 6.04 Å². The van der Waals surface area contributed by atoms with E-state index < -0.39 is 0 Å². The summed E-state index contributed by atoms with van der Waals surface area (Å²) in [5, 5.41) is 0. The summed E-state index contributed by atoms with van der Waals surface area (Å²) in [5.74, 6) is 5.64. The summed E-state index contributed by atoms with van der Waals surface area (Å²) in [5.41, 5.74) is 4.75. The monoisotopic (exact) mass is 196 g/mol. The van der Waals surface area contributed by atoms with Crippen LogP contribution in [0.15, 0.2) is 18.2 Å². The minimum absolute atomic E-state index is 0.0793. The number of nitrogens with one attached hydrogen (secondary N) is 1. The molecular formula is C11H17FN2. The summed E-state index contributed by atoms with van der Waals surface area (Å²) in [6, 6.07) is 4.86. The molecule has 0 aromatic heterocycles. The van der Waals surface area contributed by atoms with E-state index in [4.69, 9.17) is 5.84 Å². The third kappa shape index (κ3) is 2.30. The van der Waals surface area contributed by atoms with E-state index in [1.807, 2.05) is 6.92 Å². The van der Waals surface area contributed by atoms with Gasteiger partial charge in [-0.3, -0.25) is 11.3 Å². The standard InChI is InChI=1S/C11H17FN2/c1-7(2)11(14-13)10-5-4-9(12)6-8(10)3/h4-7,11,14H,13H2,1-3H3. The lowest BCUT2D eigenvalue weighted by atomic mass is 9.93. The molecule has 3 heteroatoms. The summed E-state index contributed by atoms with van der Waals surface area (Å²) in [4.78, 5) is 0. The predicted octanol–water partition coefficient (Wildman–Crippen LogP) is 2.29. The SMILES string of the molecule is Cc1cc(F)ccc1C(NN)C(C)C. The van der Waals surface area contributed by atoms with Gasteiger partial charge in [-0.25, -0.2) is 4.39 Å². The number of hydrogen-bond acceptors (Lipinski definition) is 2. The van der Waals surface area contributed by atoms with Gasteiger partial charge in [-0.15, -0.1) is 0 Å². The normalized spacial score (nSPS) is 13.3. The Morgan fingerprint density at radius 1 is 1.36 bits per heavy atom. The number of aryl methyl sites for hydroxylation is 1. The lowest BCUT2D eigenvalue weighted by Crippen LogP contribution is -2.32. The molecule has 1 unspecified atom stereocenters. The fourth-order valence-electron chi connectivity index (χ4n) is 1.63. The maximum atomic E-state index is 12.9. The first-order valence-electron chi connectivity index (χ1n) is 4.78. The minimum Gasteiger partial charge on any atom is -0.271 e. The largest absolute Gasteiger partial charge is 0.271 e. The van der Waals surface area contributed by atoms with Crippen LogP contribution in [-0.2, 0) is 0 Å². The Morgan fingerprint density at radius 2 is 2.00 bits per heavy atom. The molecule has 1 aromatic rings. The highest BCUT2D eigenvalue weighted by molar-refractivity contribution is 5.29. The van der Waals surface area contributed by atoms with Gasteiger partial charge in [0.2, 0.25) is 0 Å². The molecule has 0 heterocycles. The molecule has 0 bridgehead atoms. The average molecular weight is 196 g/mol. The molecule has 0 fully saturated rings. The Hall–Kier alpha value is -0.930. The van der Waals surface area contributed by atoms with E-state index in [0.717, 1.165) is 11.1 Å². The Labute approximate surface area is 84.3 Å². The van der Waals surface area contributed by atoms with Crippen molar-refractivity contribution in [2.45, 2.75) is 26.8 Å². The average Bonchev–Trinajstić information content (AvgIpc) is 2.09. The second-order valence-electron chi connectivity index (χ2n) is 3.89. The molecule has 1 aromatic carbocycles. The molecule has 0 aliphatic heterocycles. The van der Waals surface area contributed by atoms with Gasteiger partial charge in [0.25, 0.3) is 0 Å². The van der Waals surface area contributed by atoms with Crippen LogP contribution in [0.25, 0.3) is 0 Å². The van der Waals surface area contributed by atoms with Gasteiger partial charge in [-0.05, 0) is 36.1 Å². The van der Waals surface area contributed by atoms with Crippen LogP contribution in [0.4, 0.5) is 4.39 Å². The predicted molar refractivity (Wildman–Crippen MR) is 56.0 cm³/mol. The van der Waals surface area contributed by atoms with Crippen molar-refractivity contribution in [1.82, 2.24) is 5.43 Å². The molecule has 0 aliphatic rings. The van der Waals surface area contributed by atoms with Gasteiger partial charge >= 0.3 is 0 Å². The Balaban J connectivity index is 3.04. The number of hydrogen-bond donors (Lipinski definition) is 2. The molecular weight excluding hydrogens is 179 g/mol. The van der Waals surface area contributed by atoms with Crippen LogP contribution in [-0.4, -0.2) is 0 Å². The summed E-state index contributed by atoms with van der Waals surface area (Å²) < 4.78 is 12.9. The highest BCUT2D eigenvalue weighted by atomic mass is 19.1. The first-order chi connectivity index (χ1) is 6.56. The molecule has 14 heavy (non-hydrogen) atoms. The highest BCUT2D eigenvalue weighted by Crippen LogP contribution is 2.24. The lowest BCUT2D eigenvalue weighted by Gasteiger charge is -2.22. The molecule has 1 atom stereocenters. The number of halogens is 1. The van der Waals surface area contributed by atoms with Gasteiger partial charge in [-0.2, -0.15) is 0 Å². The second kappa shape index (κ2) is 4.53. The van der Waals surface area contributed by atoms with Gasteiger partial charge < -0.3 is 0 Å². The molecule has 0 saturated carbocycles. The van der Waals surface area contributed by atoms with Crippen molar-refractivity contribution in [3.8, 4) is 0 Å². The van der Waals surface area contributed by atoms with E-state index in [1.165, 1.54) is 12.1 Å². The molecule has 0 spiro atoms. The van der Waals surface area contributed by atoms with Crippen molar-refractivity contribution < 1.29 is 4.39 Å². The Bertz CT molecular complexity index is 310. The zero-order valence-corrected chi connectivity index (χ0v) is 8.84. The van der Waals surface area contributed by atoms with Crippen LogP contribution in [0.5, 0.6) is 0 Å².